The Bertz CT molecular complexity index is 1190. The molecule has 0 aliphatic carbocycles. The molecule has 1 aliphatic rings. The quantitative estimate of drug-likeness (QED) is 0.500. The van der Waals surface area contributed by atoms with Gasteiger partial charge in [-0.3, -0.25) is 14.7 Å². The summed E-state index contributed by atoms with van der Waals surface area (Å²) in [7, 11) is 0. The van der Waals surface area contributed by atoms with Crippen LogP contribution in [0, 0.1) is 0 Å². The molecule has 2 aromatic heterocycles. The Morgan fingerprint density at radius 3 is 2.69 bits per heavy atom. The molecule has 5 rings (SSSR count). The molecule has 2 aromatic carbocycles. The summed E-state index contributed by atoms with van der Waals surface area (Å²) < 4.78 is 5.74. The van der Waals surface area contributed by atoms with Crippen LogP contribution in [-0.4, -0.2) is 46.9 Å². The van der Waals surface area contributed by atoms with Crippen LogP contribution in [0.4, 0.5) is 0 Å². The number of piperazine rings is 1. The van der Waals surface area contributed by atoms with Crippen LogP contribution >= 0.6 is 11.6 Å². The molecule has 0 spiro atoms. The van der Waals surface area contributed by atoms with E-state index in [2.05, 4.69) is 34.1 Å². The number of halogens is 1. The highest BCUT2D eigenvalue weighted by Crippen LogP contribution is 2.24. The first-order chi connectivity index (χ1) is 14.2. The number of para-hydroxylation sites is 1. The van der Waals surface area contributed by atoms with E-state index in [0.29, 0.717) is 29.5 Å². The molecule has 1 saturated heterocycles. The summed E-state index contributed by atoms with van der Waals surface area (Å²) in [5.74, 6) is 0.303. The third kappa shape index (κ3) is 3.59. The number of hydrogen-bond acceptors (Lipinski definition) is 4. The van der Waals surface area contributed by atoms with Gasteiger partial charge in [0.15, 0.2) is 5.76 Å². The van der Waals surface area contributed by atoms with E-state index in [4.69, 9.17) is 16.0 Å². The minimum Gasteiger partial charge on any atom is -0.451 e. The van der Waals surface area contributed by atoms with Crippen LogP contribution < -0.4 is 0 Å². The van der Waals surface area contributed by atoms with Gasteiger partial charge in [-0.25, -0.2) is 0 Å². The third-order valence-electron chi connectivity index (χ3n) is 5.46. The number of pyridine rings is 1. The highest BCUT2D eigenvalue weighted by atomic mass is 35.5. The van der Waals surface area contributed by atoms with E-state index in [9.17, 15) is 4.79 Å². The molecule has 0 unspecified atom stereocenters. The van der Waals surface area contributed by atoms with E-state index in [1.807, 2.05) is 23.2 Å². The number of benzene rings is 2. The Morgan fingerprint density at radius 1 is 1.00 bits per heavy atom. The number of rotatable bonds is 3. The maximum absolute atomic E-state index is 12.9. The molecule has 3 heterocycles. The molecule has 29 heavy (non-hydrogen) atoms. The molecule has 0 saturated carbocycles. The number of nitrogens with zero attached hydrogens (tertiary/aromatic N) is 3. The molecular weight excluding hydrogens is 386 g/mol. The summed E-state index contributed by atoms with van der Waals surface area (Å²) in [6.45, 7) is 3.82. The van der Waals surface area contributed by atoms with Crippen molar-refractivity contribution >= 4 is 39.4 Å². The fourth-order valence-corrected chi connectivity index (χ4v) is 4.10. The second-order valence-electron chi connectivity index (χ2n) is 7.35. The predicted octanol–water partition coefficient (Wildman–Crippen LogP) is 4.59. The van der Waals surface area contributed by atoms with Gasteiger partial charge in [-0.15, -0.1) is 0 Å². The summed E-state index contributed by atoms with van der Waals surface area (Å²) >= 11 is 6.03. The molecule has 5 nitrogen and oxygen atoms in total. The fraction of sp³-hybridized carbons (Fsp3) is 0.217. The van der Waals surface area contributed by atoms with Gasteiger partial charge in [0.1, 0.15) is 5.58 Å². The first-order valence-corrected chi connectivity index (χ1v) is 10.1. The molecule has 1 aliphatic heterocycles. The Hall–Kier alpha value is -2.89. The summed E-state index contributed by atoms with van der Waals surface area (Å²) in [6, 6.07) is 17.5. The lowest BCUT2D eigenvalue weighted by molar-refractivity contribution is 0.0600. The first kappa shape index (κ1) is 18.2. The lowest BCUT2D eigenvalue weighted by Crippen LogP contribution is -2.48. The lowest BCUT2D eigenvalue weighted by Gasteiger charge is -2.34. The van der Waals surface area contributed by atoms with Crippen molar-refractivity contribution in [3.63, 3.8) is 0 Å². The molecule has 0 radical (unpaired) electrons. The van der Waals surface area contributed by atoms with Gasteiger partial charge in [-0.05, 0) is 35.9 Å². The van der Waals surface area contributed by atoms with Crippen LogP contribution in [0.25, 0.3) is 21.9 Å². The SMILES string of the molecule is O=C(c1cc2cc(Cl)ccc2o1)N1CCN(Cc2cccc3cccnc23)CC1. The zero-order valence-corrected chi connectivity index (χ0v) is 16.6. The fourth-order valence-electron chi connectivity index (χ4n) is 3.92. The van der Waals surface area contributed by atoms with Crippen molar-refractivity contribution in [3.05, 3.63) is 77.1 Å². The molecular formula is C23H20ClN3O2. The van der Waals surface area contributed by atoms with E-state index in [1.54, 1.807) is 18.2 Å². The zero-order valence-electron chi connectivity index (χ0n) is 15.8. The van der Waals surface area contributed by atoms with Crippen molar-refractivity contribution in [1.29, 1.82) is 0 Å². The van der Waals surface area contributed by atoms with Crippen LogP contribution in [0.2, 0.25) is 5.02 Å². The molecule has 0 atom stereocenters. The second kappa shape index (κ2) is 7.50. The largest absolute Gasteiger partial charge is 0.451 e. The van der Waals surface area contributed by atoms with Gasteiger partial charge in [0.05, 0.1) is 5.52 Å². The minimum atomic E-state index is -0.0659. The average Bonchev–Trinajstić information content (AvgIpc) is 3.17. The van der Waals surface area contributed by atoms with E-state index in [1.165, 1.54) is 5.56 Å². The normalized spacial score (nSPS) is 15.3. The number of hydrogen-bond donors (Lipinski definition) is 0. The number of carbonyl (C=O) groups is 1. The Kier molecular flexibility index (Phi) is 4.70. The van der Waals surface area contributed by atoms with Crippen LogP contribution in [0.1, 0.15) is 16.1 Å². The molecule has 0 bridgehead atoms. The number of fused-ring (bicyclic) bond motifs is 2. The monoisotopic (exact) mass is 405 g/mol. The second-order valence-corrected chi connectivity index (χ2v) is 7.79. The molecule has 6 heteroatoms. The Morgan fingerprint density at radius 2 is 1.83 bits per heavy atom. The summed E-state index contributed by atoms with van der Waals surface area (Å²) in [4.78, 5) is 21.6. The average molecular weight is 406 g/mol. The minimum absolute atomic E-state index is 0.0659. The number of amides is 1. The van der Waals surface area contributed by atoms with Crippen molar-refractivity contribution in [2.24, 2.45) is 0 Å². The van der Waals surface area contributed by atoms with Gasteiger partial charge >= 0.3 is 0 Å². The van der Waals surface area contributed by atoms with Crippen molar-refractivity contribution in [3.8, 4) is 0 Å². The number of carbonyl (C=O) groups excluding carboxylic acids is 1. The summed E-state index contributed by atoms with van der Waals surface area (Å²) in [6.07, 6.45) is 1.84. The number of furan rings is 1. The first-order valence-electron chi connectivity index (χ1n) is 9.71. The van der Waals surface area contributed by atoms with Gasteiger partial charge < -0.3 is 9.32 Å². The molecule has 1 amide bonds. The van der Waals surface area contributed by atoms with Crippen LogP contribution in [-0.2, 0) is 6.54 Å². The highest BCUT2D eigenvalue weighted by molar-refractivity contribution is 6.31. The van der Waals surface area contributed by atoms with Gasteiger partial charge in [-0.1, -0.05) is 35.9 Å². The molecule has 0 N–H and O–H groups in total. The van der Waals surface area contributed by atoms with E-state index in [0.717, 1.165) is 35.9 Å². The summed E-state index contributed by atoms with van der Waals surface area (Å²) in [5, 5.41) is 2.64. The standard InChI is InChI=1S/C23H20ClN3O2/c24-19-6-7-20-18(13-19)14-21(29-20)23(28)27-11-9-26(10-12-27)15-17-4-1-3-16-5-2-8-25-22(16)17/h1-8,13-14H,9-12,15H2. The Balaban J connectivity index is 1.26. The van der Waals surface area contributed by atoms with Crippen molar-refractivity contribution in [2.45, 2.75) is 6.54 Å². The lowest BCUT2D eigenvalue weighted by atomic mass is 10.1. The van der Waals surface area contributed by atoms with E-state index >= 15 is 0 Å². The van der Waals surface area contributed by atoms with Gasteiger partial charge in [0.2, 0.25) is 0 Å². The van der Waals surface area contributed by atoms with Crippen molar-refractivity contribution in [2.75, 3.05) is 26.2 Å². The van der Waals surface area contributed by atoms with E-state index in [-0.39, 0.29) is 5.91 Å². The Labute approximate surface area is 173 Å². The maximum Gasteiger partial charge on any atom is 0.289 e. The van der Waals surface area contributed by atoms with E-state index < -0.39 is 0 Å². The highest BCUT2D eigenvalue weighted by Gasteiger charge is 2.25. The zero-order chi connectivity index (χ0) is 19.8. The molecule has 4 aromatic rings. The third-order valence-corrected chi connectivity index (χ3v) is 5.69. The molecule has 1 fully saturated rings. The van der Waals surface area contributed by atoms with Crippen LogP contribution in [0.3, 0.4) is 0 Å². The van der Waals surface area contributed by atoms with Gasteiger partial charge in [0.25, 0.3) is 5.91 Å². The van der Waals surface area contributed by atoms with Crippen LogP contribution in [0.5, 0.6) is 0 Å². The maximum atomic E-state index is 12.9. The smallest absolute Gasteiger partial charge is 0.289 e. The van der Waals surface area contributed by atoms with Gasteiger partial charge in [0, 0.05) is 54.7 Å². The predicted molar refractivity (Wildman–Crippen MR) is 114 cm³/mol. The van der Waals surface area contributed by atoms with Crippen molar-refractivity contribution in [1.82, 2.24) is 14.8 Å². The topological polar surface area (TPSA) is 49.6 Å². The van der Waals surface area contributed by atoms with Crippen molar-refractivity contribution < 1.29 is 9.21 Å². The molecule has 146 valence electrons. The van der Waals surface area contributed by atoms with Crippen LogP contribution in [0.15, 0.2) is 65.2 Å². The van der Waals surface area contributed by atoms with Gasteiger partial charge in [-0.2, -0.15) is 0 Å². The number of aromatic nitrogens is 1. The summed E-state index contributed by atoms with van der Waals surface area (Å²) in [5.41, 5.74) is 2.95.